The lowest BCUT2D eigenvalue weighted by Gasteiger charge is -2.14. The topological polar surface area (TPSA) is 18.5 Å². The predicted octanol–water partition coefficient (Wildman–Crippen LogP) is 15.1. The zero-order chi connectivity index (χ0) is 33.2. The molecular weight excluding hydrogens is 628 g/mol. The Bertz CT molecular complexity index is 858. The Labute approximate surface area is 294 Å². The molecule has 0 atom stereocenters. The Balaban J connectivity index is 2.04. The van der Waals surface area contributed by atoms with Gasteiger partial charge in [-0.25, -0.2) is 0 Å². The second-order valence-corrected chi connectivity index (χ2v) is 13.7. The molecule has 0 radical (unpaired) electrons. The smallest absolute Gasteiger partial charge is 0.137 e. The van der Waals surface area contributed by atoms with E-state index in [0.29, 0.717) is 0 Å². The standard InChI is InChI=1S/C43H71BrO2/c1-4-6-8-10-12-14-16-18-20-22-24-26-28-30-32-34-36-45-41-38-40(3)39-42(43(41)44)46-37-35-33-31-29-27-25-23-21-19-17-15-13-11-9-7-5-2/h12-15,18-21,38-39H,4-11,16-17,22-37H2,1-3H3/b14-12-,15-13-,20-18-,21-19-. The molecule has 46 heavy (non-hydrogen) atoms. The van der Waals surface area contributed by atoms with Gasteiger partial charge in [-0.15, -0.1) is 0 Å². The first-order valence-electron chi connectivity index (χ1n) is 19.3. The van der Waals surface area contributed by atoms with E-state index in [-0.39, 0.29) is 0 Å². The van der Waals surface area contributed by atoms with Crippen LogP contribution in [-0.2, 0) is 0 Å². The molecule has 0 aromatic heterocycles. The van der Waals surface area contributed by atoms with Crippen molar-refractivity contribution < 1.29 is 9.47 Å². The number of benzene rings is 1. The predicted molar refractivity (Wildman–Crippen MR) is 209 cm³/mol. The molecule has 0 spiro atoms. The molecule has 1 rings (SSSR count). The van der Waals surface area contributed by atoms with Gasteiger partial charge in [0.1, 0.15) is 16.0 Å². The van der Waals surface area contributed by atoms with Crippen molar-refractivity contribution in [1.29, 1.82) is 0 Å². The average molecular weight is 700 g/mol. The van der Waals surface area contributed by atoms with Crippen LogP contribution in [0, 0.1) is 6.92 Å². The summed E-state index contributed by atoms with van der Waals surface area (Å²) >= 11 is 3.75. The molecule has 0 fully saturated rings. The summed E-state index contributed by atoms with van der Waals surface area (Å²) in [5.41, 5.74) is 1.18. The van der Waals surface area contributed by atoms with Crippen molar-refractivity contribution in [2.24, 2.45) is 0 Å². The Morgan fingerprint density at radius 3 is 1.15 bits per heavy atom. The molecule has 0 unspecified atom stereocenters. The maximum absolute atomic E-state index is 6.16. The normalized spacial score (nSPS) is 12.1. The van der Waals surface area contributed by atoms with Crippen molar-refractivity contribution in [3.05, 3.63) is 70.8 Å². The van der Waals surface area contributed by atoms with E-state index in [1.54, 1.807) is 0 Å². The zero-order valence-electron chi connectivity index (χ0n) is 30.4. The number of hydrogen-bond acceptors (Lipinski definition) is 2. The Morgan fingerprint density at radius 2 is 0.783 bits per heavy atom. The first kappa shape index (κ1) is 42.3. The minimum atomic E-state index is 0.766. The van der Waals surface area contributed by atoms with Gasteiger partial charge in [-0.05, 0) is 118 Å². The number of allylic oxidation sites excluding steroid dienone is 8. The summed E-state index contributed by atoms with van der Waals surface area (Å²) in [6.45, 7) is 8.17. The second-order valence-electron chi connectivity index (χ2n) is 12.9. The minimum absolute atomic E-state index is 0.766. The lowest BCUT2D eigenvalue weighted by molar-refractivity contribution is 0.286. The van der Waals surface area contributed by atoms with Gasteiger partial charge in [0.05, 0.1) is 13.2 Å². The molecule has 0 amide bonds. The molecule has 1 aromatic carbocycles. The van der Waals surface area contributed by atoms with Gasteiger partial charge in [0.15, 0.2) is 0 Å². The third-order valence-electron chi connectivity index (χ3n) is 8.36. The summed E-state index contributed by atoms with van der Waals surface area (Å²) < 4.78 is 13.3. The second kappa shape index (κ2) is 33.2. The molecule has 0 aliphatic rings. The van der Waals surface area contributed by atoms with Crippen LogP contribution in [0.15, 0.2) is 65.2 Å². The Hall–Kier alpha value is -1.74. The van der Waals surface area contributed by atoms with Gasteiger partial charge in [0, 0.05) is 0 Å². The number of rotatable bonds is 32. The zero-order valence-corrected chi connectivity index (χ0v) is 31.9. The van der Waals surface area contributed by atoms with E-state index in [1.807, 2.05) is 0 Å². The van der Waals surface area contributed by atoms with E-state index in [0.717, 1.165) is 54.9 Å². The van der Waals surface area contributed by atoms with Crippen molar-refractivity contribution in [2.75, 3.05) is 13.2 Å². The molecule has 2 nitrogen and oxygen atoms in total. The van der Waals surface area contributed by atoms with Crippen molar-refractivity contribution >= 4 is 15.9 Å². The molecule has 0 heterocycles. The highest BCUT2D eigenvalue weighted by atomic mass is 79.9. The van der Waals surface area contributed by atoms with Crippen molar-refractivity contribution in [2.45, 2.75) is 175 Å². The van der Waals surface area contributed by atoms with Crippen LogP contribution < -0.4 is 9.47 Å². The van der Waals surface area contributed by atoms with Crippen LogP contribution in [0.4, 0.5) is 0 Å². The van der Waals surface area contributed by atoms with Gasteiger partial charge in [-0.3, -0.25) is 0 Å². The molecule has 0 aliphatic carbocycles. The van der Waals surface area contributed by atoms with Crippen molar-refractivity contribution in [3.63, 3.8) is 0 Å². The number of halogens is 1. The molecular formula is C43H71BrO2. The lowest BCUT2D eigenvalue weighted by atomic mass is 10.1. The molecule has 262 valence electrons. The third kappa shape index (κ3) is 26.3. The highest BCUT2D eigenvalue weighted by Gasteiger charge is 2.10. The lowest BCUT2D eigenvalue weighted by Crippen LogP contribution is -2.02. The minimum Gasteiger partial charge on any atom is -0.492 e. The highest BCUT2D eigenvalue weighted by molar-refractivity contribution is 9.10. The molecule has 0 aliphatic heterocycles. The fourth-order valence-electron chi connectivity index (χ4n) is 5.46. The number of aryl methyl sites for hydroxylation is 1. The monoisotopic (exact) mass is 698 g/mol. The third-order valence-corrected chi connectivity index (χ3v) is 9.14. The molecule has 0 saturated carbocycles. The largest absolute Gasteiger partial charge is 0.492 e. The van der Waals surface area contributed by atoms with Crippen LogP contribution in [-0.4, -0.2) is 13.2 Å². The first-order valence-corrected chi connectivity index (χ1v) is 20.1. The fraction of sp³-hybridized carbons (Fsp3) is 0.674. The molecule has 0 N–H and O–H groups in total. The van der Waals surface area contributed by atoms with Crippen LogP contribution in [0.3, 0.4) is 0 Å². The molecule has 1 aromatic rings. The number of ether oxygens (including phenoxy) is 2. The maximum atomic E-state index is 6.16. The van der Waals surface area contributed by atoms with Crippen LogP contribution in [0.5, 0.6) is 11.5 Å². The summed E-state index contributed by atoms with van der Waals surface area (Å²) in [5.74, 6) is 1.82. The van der Waals surface area contributed by atoms with E-state index in [4.69, 9.17) is 9.47 Å². The summed E-state index contributed by atoms with van der Waals surface area (Å²) in [4.78, 5) is 0. The molecule has 0 saturated heterocycles. The summed E-state index contributed by atoms with van der Waals surface area (Å²) in [7, 11) is 0. The van der Waals surface area contributed by atoms with Gasteiger partial charge >= 0.3 is 0 Å². The summed E-state index contributed by atoms with van der Waals surface area (Å²) in [6.07, 6.45) is 49.0. The van der Waals surface area contributed by atoms with E-state index in [9.17, 15) is 0 Å². The van der Waals surface area contributed by atoms with Gasteiger partial charge in [-0.2, -0.15) is 0 Å². The Morgan fingerprint density at radius 1 is 0.457 bits per heavy atom. The SMILES string of the molecule is CCCCC/C=C\C/C=C\CCCCCCCCOc1cc(C)cc(OCCCCCCCC/C=C\C/C=C\CCCCC)c1Br. The van der Waals surface area contributed by atoms with Crippen molar-refractivity contribution in [1.82, 2.24) is 0 Å². The van der Waals surface area contributed by atoms with Crippen molar-refractivity contribution in [3.8, 4) is 11.5 Å². The highest BCUT2D eigenvalue weighted by Crippen LogP contribution is 2.36. The number of unbranched alkanes of at least 4 members (excludes halogenated alkanes) is 18. The van der Waals surface area contributed by atoms with Crippen LogP contribution >= 0.6 is 15.9 Å². The molecule has 3 heteroatoms. The quantitative estimate of drug-likeness (QED) is 0.0550. The maximum Gasteiger partial charge on any atom is 0.137 e. The van der Waals surface area contributed by atoms with Gasteiger partial charge in [0.25, 0.3) is 0 Å². The fourth-order valence-corrected chi connectivity index (χ4v) is 5.92. The number of hydrogen-bond donors (Lipinski definition) is 0. The van der Waals surface area contributed by atoms with E-state index in [1.165, 1.54) is 134 Å². The van der Waals surface area contributed by atoms with Crippen LogP contribution in [0.2, 0.25) is 0 Å². The van der Waals surface area contributed by atoms with E-state index >= 15 is 0 Å². The van der Waals surface area contributed by atoms with Gasteiger partial charge < -0.3 is 9.47 Å². The average Bonchev–Trinajstić information content (AvgIpc) is 3.05. The van der Waals surface area contributed by atoms with E-state index < -0.39 is 0 Å². The van der Waals surface area contributed by atoms with E-state index in [2.05, 4.69) is 97.4 Å². The van der Waals surface area contributed by atoms with Crippen LogP contribution in [0.25, 0.3) is 0 Å². The van der Waals surface area contributed by atoms with Crippen LogP contribution in [0.1, 0.15) is 174 Å². The Kier molecular flexibility index (Phi) is 30.5. The summed E-state index contributed by atoms with van der Waals surface area (Å²) in [5, 5.41) is 0. The van der Waals surface area contributed by atoms with Gasteiger partial charge in [0.2, 0.25) is 0 Å². The first-order chi connectivity index (χ1) is 22.7. The summed E-state index contributed by atoms with van der Waals surface area (Å²) in [6, 6.07) is 4.24. The van der Waals surface area contributed by atoms with Gasteiger partial charge in [-0.1, -0.05) is 140 Å². The molecule has 0 bridgehead atoms.